The number of hydrogen-bond acceptors (Lipinski definition) is 4. The van der Waals surface area contributed by atoms with E-state index in [0.717, 1.165) is 25.7 Å². The molecular formula is C13H23NO4. The summed E-state index contributed by atoms with van der Waals surface area (Å²) in [5, 5.41) is 2.88. The molecule has 5 nitrogen and oxygen atoms in total. The SMILES string of the molecule is CCOC(=O)N[C@H]1CCCCC12O[C@H](C)[C@@H](C)O2. The van der Waals surface area contributed by atoms with Crippen molar-refractivity contribution < 1.29 is 19.0 Å². The molecule has 0 aromatic heterocycles. The number of carbonyl (C=O) groups excluding carboxylic acids is 1. The highest BCUT2D eigenvalue weighted by atomic mass is 16.8. The van der Waals surface area contributed by atoms with Crippen molar-refractivity contribution in [2.45, 2.75) is 70.5 Å². The fraction of sp³-hybridized carbons (Fsp3) is 0.923. The van der Waals surface area contributed by atoms with Crippen LogP contribution in [0.4, 0.5) is 4.79 Å². The topological polar surface area (TPSA) is 56.8 Å². The van der Waals surface area contributed by atoms with E-state index in [0.29, 0.717) is 6.61 Å². The van der Waals surface area contributed by atoms with Crippen LogP contribution in [0, 0.1) is 0 Å². The first-order chi connectivity index (χ1) is 8.57. The van der Waals surface area contributed by atoms with Crippen molar-refractivity contribution in [3.8, 4) is 0 Å². The molecule has 2 fully saturated rings. The van der Waals surface area contributed by atoms with Gasteiger partial charge in [0.1, 0.15) is 0 Å². The van der Waals surface area contributed by atoms with Crippen molar-refractivity contribution in [2.75, 3.05) is 6.61 Å². The standard InChI is InChI=1S/C13H23NO4/c1-4-16-12(15)14-11-7-5-6-8-13(11)17-9(2)10(3)18-13/h9-11H,4-8H2,1-3H3,(H,14,15)/t9-,10-,11+/m1/s1. The summed E-state index contributed by atoms with van der Waals surface area (Å²) in [5.74, 6) is -0.649. The Morgan fingerprint density at radius 3 is 2.61 bits per heavy atom. The third kappa shape index (κ3) is 2.62. The first kappa shape index (κ1) is 13.6. The van der Waals surface area contributed by atoms with Gasteiger partial charge in [-0.3, -0.25) is 0 Å². The molecule has 3 atom stereocenters. The lowest BCUT2D eigenvalue weighted by molar-refractivity contribution is -0.207. The molecule has 1 N–H and O–H groups in total. The summed E-state index contributed by atoms with van der Waals surface area (Å²) in [6.45, 7) is 6.19. The van der Waals surface area contributed by atoms with Crippen LogP contribution in [0.5, 0.6) is 0 Å². The maximum atomic E-state index is 11.6. The number of hydrogen-bond donors (Lipinski definition) is 1. The average molecular weight is 257 g/mol. The Hall–Kier alpha value is -0.810. The monoisotopic (exact) mass is 257 g/mol. The van der Waals surface area contributed by atoms with Gasteiger partial charge in [0.15, 0.2) is 5.79 Å². The summed E-state index contributed by atoms with van der Waals surface area (Å²) in [6, 6.07) is -0.113. The highest BCUT2D eigenvalue weighted by Gasteiger charge is 2.51. The smallest absolute Gasteiger partial charge is 0.407 e. The van der Waals surface area contributed by atoms with E-state index in [4.69, 9.17) is 14.2 Å². The number of alkyl carbamates (subject to hydrolysis) is 1. The summed E-state index contributed by atoms with van der Waals surface area (Å²) in [4.78, 5) is 11.6. The van der Waals surface area contributed by atoms with Crippen LogP contribution < -0.4 is 5.32 Å². The lowest BCUT2D eigenvalue weighted by Crippen LogP contribution is -2.55. The fourth-order valence-corrected chi connectivity index (χ4v) is 2.74. The molecule has 2 rings (SSSR count). The third-order valence-corrected chi connectivity index (χ3v) is 3.80. The highest BCUT2D eigenvalue weighted by molar-refractivity contribution is 5.67. The molecule has 0 radical (unpaired) electrons. The molecule has 1 aliphatic heterocycles. The fourth-order valence-electron chi connectivity index (χ4n) is 2.74. The van der Waals surface area contributed by atoms with Crippen molar-refractivity contribution in [3.05, 3.63) is 0 Å². The van der Waals surface area contributed by atoms with E-state index in [2.05, 4.69) is 5.32 Å². The van der Waals surface area contributed by atoms with Crippen molar-refractivity contribution >= 4 is 6.09 Å². The minimum Gasteiger partial charge on any atom is -0.450 e. The van der Waals surface area contributed by atoms with Gasteiger partial charge in [0.05, 0.1) is 24.9 Å². The van der Waals surface area contributed by atoms with Crippen molar-refractivity contribution in [2.24, 2.45) is 0 Å². The van der Waals surface area contributed by atoms with E-state index in [9.17, 15) is 4.79 Å². The molecular weight excluding hydrogens is 234 g/mol. The Morgan fingerprint density at radius 1 is 1.33 bits per heavy atom. The number of carbonyl (C=O) groups is 1. The zero-order valence-corrected chi connectivity index (χ0v) is 11.4. The molecule has 1 aliphatic carbocycles. The van der Waals surface area contributed by atoms with Gasteiger partial charge in [-0.25, -0.2) is 4.79 Å². The molecule has 1 saturated heterocycles. The van der Waals surface area contributed by atoms with Crippen LogP contribution in [0.15, 0.2) is 0 Å². The van der Waals surface area contributed by atoms with Crippen LogP contribution >= 0.6 is 0 Å². The zero-order chi connectivity index (χ0) is 13.2. The van der Waals surface area contributed by atoms with E-state index >= 15 is 0 Å². The maximum Gasteiger partial charge on any atom is 0.407 e. The van der Waals surface area contributed by atoms with Gasteiger partial charge in [-0.05, 0) is 33.6 Å². The number of ether oxygens (including phenoxy) is 3. The molecule has 1 amide bonds. The Balaban J connectivity index is 2.04. The maximum absolute atomic E-state index is 11.6. The third-order valence-electron chi connectivity index (χ3n) is 3.80. The molecule has 1 saturated carbocycles. The van der Waals surface area contributed by atoms with Gasteiger partial charge in [0.2, 0.25) is 0 Å². The Labute approximate surface area is 108 Å². The molecule has 0 aromatic carbocycles. The van der Waals surface area contributed by atoms with Crippen LogP contribution in [0.2, 0.25) is 0 Å². The quantitative estimate of drug-likeness (QED) is 0.824. The summed E-state index contributed by atoms with van der Waals surface area (Å²) in [6.07, 6.45) is 3.60. The van der Waals surface area contributed by atoms with E-state index in [1.807, 2.05) is 13.8 Å². The molecule has 0 aromatic rings. The molecule has 1 heterocycles. The molecule has 5 heteroatoms. The van der Waals surface area contributed by atoms with E-state index < -0.39 is 5.79 Å². The Bertz CT molecular complexity index is 297. The summed E-state index contributed by atoms with van der Waals surface area (Å²) >= 11 is 0. The summed E-state index contributed by atoms with van der Waals surface area (Å²) in [7, 11) is 0. The molecule has 104 valence electrons. The van der Waals surface area contributed by atoms with Crippen LogP contribution in [0.3, 0.4) is 0 Å². The van der Waals surface area contributed by atoms with Crippen molar-refractivity contribution in [1.29, 1.82) is 0 Å². The van der Waals surface area contributed by atoms with Gasteiger partial charge >= 0.3 is 6.09 Å². The van der Waals surface area contributed by atoms with Gasteiger partial charge in [0, 0.05) is 6.42 Å². The first-order valence-electron chi connectivity index (χ1n) is 6.86. The molecule has 0 unspecified atom stereocenters. The zero-order valence-electron chi connectivity index (χ0n) is 11.4. The second kappa shape index (κ2) is 5.45. The van der Waals surface area contributed by atoms with Gasteiger partial charge in [-0.1, -0.05) is 6.42 Å². The summed E-state index contributed by atoms with van der Waals surface area (Å²) < 4.78 is 16.9. The molecule has 2 aliphatic rings. The second-order valence-electron chi connectivity index (χ2n) is 5.12. The molecule has 0 bridgehead atoms. The first-order valence-corrected chi connectivity index (χ1v) is 6.86. The summed E-state index contributed by atoms with van der Waals surface area (Å²) in [5.41, 5.74) is 0. The van der Waals surface area contributed by atoms with Crippen molar-refractivity contribution in [3.63, 3.8) is 0 Å². The predicted molar refractivity (Wildman–Crippen MR) is 66.2 cm³/mol. The number of rotatable bonds is 2. The van der Waals surface area contributed by atoms with Crippen molar-refractivity contribution in [1.82, 2.24) is 5.32 Å². The minimum atomic E-state index is -0.649. The Morgan fingerprint density at radius 2 is 2.00 bits per heavy atom. The van der Waals surface area contributed by atoms with Crippen LogP contribution in [-0.4, -0.2) is 36.7 Å². The average Bonchev–Trinajstić information content (AvgIpc) is 2.59. The highest BCUT2D eigenvalue weighted by Crippen LogP contribution is 2.40. The normalized spacial score (nSPS) is 34.5. The van der Waals surface area contributed by atoms with Gasteiger partial charge in [-0.15, -0.1) is 0 Å². The van der Waals surface area contributed by atoms with E-state index in [-0.39, 0.29) is 24.3 Å². The number of amides is 1. The van der Waals surface area contributed by atoms with Gasteiger partial charge in [0.25, 0.3) is 0 Å². The van der Waals surface area contributed by atoms with Gasteiger partial charge < -0.3 is 19.5 Å². The van der Waals surface area contributed by atoms with Crippen LogP contribution in [0.25, 0.3) is 0 Å². The van der Waals surface area contributed by atoms with Crippen LogP contribution in [0.1, 0.15) is 46.5 Å². The largest absolute Gasteiger partial charge is 0.450 e. The second-order valence-corrected chi connectivity index (χ2v) is 5.12. The van der Waals surface area contributed by atoms with Crippen LogP contribution in [-0.2, 0) is 14.2 Å². The van der Waals surface area contributed by atoms with E-state index in [1.165, 1.54) is 0 Å². The minimum absolute atomic E-state index is 0.0644. The number of nitrogens with one attached hydrogen (secondary N) is 1. The molecule has 18 heavy (non-hydrogen) atoms. The van der Waals surface area contributed by atoms with Gasteiger partial charge in [-0.2, -0.15) is 0 Å². The van der Waals surface area contributed by atoms with E-state index in [1.54, 1.807) is 6.92 Å². The molecule has 1 spiro atoms. The Kier molecular flexibility index (Phi) is 4.12. The lowest BCUT2D eigenvalue weighted by Gasteiger charge is -2.39. The predicted octanol–water partition coefficient (Wildman–Crippen LogP) is 2.20. The lowest BCUT2D eigenvalue weighted by atomic mass is 9.89.